The predicted octanol–water partition coefficient (Wildman–Crippen LogP) is 4.36. The van der Waals surface area contributed by atoms with Crippen molar-refractivity contribution < 1.29 is 9.53 Å². The lowest BCUT2D eigenvalue weighted by atomic mass is 10.1. The Morgan fingerprint density at radius 1 is 1.24 bits per heavy atom. The van der Waals surface area contributed by atoms with Crippen LogP contribution >= 0.6 is 11.6 Å². The Hall–Kier alpha value is -2.00. The van der Waals surface area contributed by atoms with Crippen LogP contribution in [-0.2, 0) is 11.3 Å². The molecule has 0 fully saturated rings. The summed E-state index contributed by atoms with van der Waals surface area (Å²) in [4.78, 5) is 11.7. The summed E-state index contributed by atoms with van der Waals surface area (Å²) in [5.74, 6) is -0.325. The number of benzene rings is 2. The van der Waals surface area contributed by atoms with Crippen LogP contribution in [0, 0.1) is 13.8 Å². The standard InChI is InChI=1S/C17H18ClNO2/c1-11-7-8-13(9-15(11)18)10-19-16-6-4-5-14(12(16)2)17(20)21-3/h4-9,19H,10H2,1-3H3. The molecule has 0 saturated heterocycles. The zero-order valence-electron chi connectivity index (χ0n) is 12.4. The molecule has 0 saturated carbocycles. The molecule has 0 unspecified atom stereocenters. The number of hydrogen-bond acceptors (Lipinski definition) is 3. The van der Waals surface area contributed by atoms with Gasteiger partial charge < -0.3 is 10.1 Å². The summed E-state index contributed by atoms with van der Waals surface area (Å²) in [6.45, 7) is 4.52. The number of rotatable bonds is 4. The Morgan fingerprint density at radius 3 is 2.67 bits per heavy atom. The third-order valence-electron chi connectivity index (χ3n) is 3.46. The number of aryl methyl sites for hydroxylation is 1. The smallest absolute Gasteiger partial charge is 0.338 e. The lowest BCUT2D eigenvalue weighted by molar-refractivity contribution is 0.0600. The van der Waals surface area contributed by atoms with Gasteiger partial charge in [-0.3, -0.25) is 0 Å². The van der Waals surface area contributed by atoms with Crippen LogP contribution in [0.25, 0.3) is 0 Å². The topological polar surface area (TPSA) is 38.3 Å². The maximum atomic E-state index is 11.7. The number of carbonyl (C=O) groups excluding carboxylic acids is 1. The molecule has 0 spiro atoms. The minimum atomic E-state index is -0.325. The Labute approximate surface area is 129 Å². The number of halogens is 1. The van der Waals surface area contributed by atoms with Crippen LogP contribution < -0.4 is 5.32 Å². The molecule has 0 heterocycles. The van der Waals surface area contributed by atoms with E-state index in [0.29, 0.717) is 12.1 Å². The molecule has 0 aliphatic carbocycles. The fourth-order valence-corrected chi connectivity index (χ4v) is 2.30. The highest BCUT2D eigenvalue weighted by Crippen LogP contribution is 2.22. The Morgan fingerprint density at radius 2 is 2.00 bits per heavy atom. The Balaban J connectivity index is 2.16. The van der Waals surface area contributed by atoms with Gasteiger partial charge in [0.2, 0.25) is 0 Å². The van der Waals surface area contributed by atoms with Crippen molar-refractivity contribution in [2.24, 2.45) is 0 Å². The molecule has 21 heavy (non-hydrogen) atoms. The second kappa shape index (κ2) is 6.64. The highest BCUT2D eigenvalue weighted by Gasteiger charge is 2.11. The van der Waals surface area contributed by atoms with E-state index in [9.17, 15) is 4.79 Å². The van der Waals surface area contributed by atoms with Crippen molar-refractivity contribution in [3.8, 4) is 0 Å². The summed E-state index contributed by atoms with van der Waals surface area (Å²) in [5, 5.41) is 4.09. The highest BCUT2D eigenvalue weighted by atomic mass is 35.5. The van der Waals surface area contributed by atoms with Crippen molar-refractivity contribution in [1.29, 1.82) is 0 Å². The van der Waals surface area contributed by atoms with Gasteiger partial charge >= 0.3 is 5.97 Å². The fraction of sp³-hybridized carbons (Fsp3) is 0.235. The van der Waals surface area contributed by atoms with Gasteiger partial charge in [-0.1, -0.05) is 29.8 Å². The molecule has 2 rings (SSSR count). The van der Waals surface area contributed by atoms with Gasteiger partial charge in [-0.25, -0.2) is 4.79 Å². The SMILES string of the molecule is COC(=O)c1cccc(NCc2ccc(C)c(Cl)c2)c1C. The van der Waals surface area contributed by atoms with Crippen LogP contribution in [0.4, 0.5) is 5.69 Å². The average Bonchev–Trinajstić information content (AvgIpc) is 2.49. The van der Waals surface area contributed by atoms with Gasteiger partial charge in [-0.15, -0.1) is 0 Å². The number of esters is 1. The van der Waals surface area contributed by atoms with Gasteiger partial charge in [0.25, 0.3) is 0 Å². The molecular formula is C17H18ClNO2. The van der Waals surface area contributed by atoms with Crippen LogP contribution in [0.3, 0.4) is 0 Å². The van der Waals surface area contributed by atoms with E-state index < -0.39 is 0 Å². The lowest BCUT2D eigenvalue weighted by Crippen LogP contribution is -2.07. The molecule has 0 bridgehead atoms. The normalized spacial score (nSPS) is 10.3. The molecule has 0 atom stereocenters. The first-order valence-electron chi connectivity index (χ1n) is 6.69. The second-order valence-corrected chi connectivity index (χ2v) is 5.31. The third-order valence-corrected chi connectivity index (χ3v) is 3.87. The molecule has 4 heteroatoms. The number of nitrogens with one attached hydrogen (secondary N) is 1. The number of methoxy groups -OCH3 is 1. The molecule has 0 aliphatic heterocycles. The summed E-state index contributed by atoms with van der Waals surface area (Å²) >= 11 is 6.12. The number of carbonyl (C=O) groups is 1. The molecule has 0 amide bonds. The summed E-state index contributed by atoms with van der Waals surface area (Å²) < 4.78 is 4.78. The van der Waals surface area contributed by atoms with Gasteiger partial charge in [0.05, 0.1) is 12.7 Å². The van der Waals surface area contributed by atoms with Gasteiger partial charge in [-0.2, -0.15) is 0 Å². The van der Waals surface area contributed by atoms with E-state index in [-0.39, 0.29) is 5.97 Å². The van der Waals surface area contributed by atoms with Crippen molar-refractivity contribution >= 4 is 23.3 Å². The Kier molecular flexibility index (Phi) is 4.86. The Bertz CT molecular complexity index is 668. The summed E-state index contributed by atoms with van der Waals surface area (Å²) in [6, 6.07) is 11.5. The molecule has 3 nitrogen and oxygen atoms in total. The molecule has 1 N–H and O–H groups in total. The quantitative estimate of drug-likeness (QED) is 0.853. The first-order valence-corrected chi connectivity index (χ1v) is 7.07. The summed E-state index contributed by atoms with van der Waals surface area (Å²) in [7, 11) is 1.39. The van der Waals surface area contributed by atoms with E-state index in [2.05, 4.69) is 5.32 Å². The van der Waals surface area contributed by atoms with Crippen LogP contribution in [0.5, 0.6) is 0 Å². The van der Waals surface area contributed by atoms with E-state index in [4.69, 9.17) is 16.3 Å². The van der Waals surface area contributed by atoms with Crippen LogP contribution in [0.15, 0.2) is 36.4 Å². The van der Waals surface area contributed by atoms with Gasteiger partial charge in [0.15, 0.2) is 0 Å². The molecule has 2 aromatic carbocycles. The summed E-state index contributed by atoms with van der Waals surface area (Å²) in [6.07, 6.45) is 0. The zero-order chi connectivity index (χ0) is 15.4. The molecular weight excluding hydrogens is 286 g/mol. The van der Waals surface area contributed by atoms with Crippen molar-refractivity contribution in [2.45, 2.75) is 20.4 Å². The maximum Gasteiger partial charge on any atom is 0.338 e. The van der Waals surface area contributed by atoms with Crippen LogP contribution in [0.1, 0.15) is 27.0 Å². The number of anilines is 1. The lowest BCUT2D eigenvalue weighted by Gasteiger charge is -2.13. The summed E-state index contributed by atoms with van der Waals surface area (Å²) in [5.41, 5.74) is 4.51. The zero-order valence-corrected chi connectivity index (χ0v) is 13.1. The molecule has 2 aromatic rings. The highest BCUT2D eigenvalue weighted by molar-refractivity contribution is 6.31. The van der Waals surface area contributed by atoms with Gasteiger partial charge in [-0.05, 0) is 48.7 Å². The van der Waals surface area contributed by atoms with E-state index >= 15 is 0 Å². The van der Waals surface area contributed by atoms with Crippen LogP contribution in [-0.4, -0.2) is 13.1 Å². The minimum Gasteiger partial charge on any atom is -0.465 e. The van der Waals surface area contributed by atoms with Crippen molar-refractivity contribution in [3.05, 3.63) is 63.7 Å². The van der Waals surface area contributed by atoms with Crippen molar-refractivity contribution in [1.82, 2.24) is 0 Å². The predicted molar refractivity (Wildman–Crippen MR) is 86.0 cm³/mol. The number of hydrogen-bond donors (Lipinski definition) is 1. The third kappa shape index (κ3) is 3.56. The fourth-order valence-electron chi connectivity index (χ4n) is 2.10. The van der Waals surface area contributed by atoms with E-state index in [1.807, 2.05) is 44.2 Å². The maximum absolute atomic E-state index is 11.7. The van der Waals surface area contributed by atoms with Crippen LogP contribution in [0.2, 0.25) is 5.02 Å². The van der Waals surface area contributed by atoms with Crippen molar-refractivity contribution in [3.63, 3.8) is 0 Å². The van der Waals surface area contributed by atoms with Crippen molar-refractivity contribution in [2.75, 3.05) is 12.4 Å². The monoisotopic (exact) mass is 303 g/mol. The minimum absolute atomic E-state index is 0.325. The first kappa shape index (κ1) is 15.4. The number of ether oxygens (including phenoxy) is 1. The van der Waals surface area contributed by atoms with Gasteiger partial charge in [0, 0.05) is 17.3 Å². The van der Waals surface area contributed by atoms with Gasteiger partial charge in [0.1, 0.15) is 0 Å². The second-order valence-electron chi connectivity index (χ2n) is 4.91. The first-order chi connectivity index (χ1) is 10.0. The van der Waals surface area contributed by atoms with E-state index in [1.54, 1.807) is 6.07 Å². The molecule has 0 aromatic heterocycles. The molecule has 110 valence electrons. The van der Waals surface area contributed by atoms with E-state index in [1.165, 1.54) is 7.11 Å². The average molecular weight is 304 g/mol. The van der Waals surface area contributed by atoms with E-state index in [0.717, 1.165) is 27.4 Å². The largest absolute Gasteiger partial charge is 0.465 e. The molecule has 0 radical (unpaired) electrons. The molecule has 0 aliphatic rings.